The lowest BCUT2D eigenvalue weighted by Crippen LogP contribution is -2.45. The van der Waals surface area contributed by atoms with Crippen molar-refractivity contribution < 1.29 is 18.3 Å². The van der Waals surface area contributed by atoms with Crippen LogP contribution in [0.25, 0.3) is 0 Å². The van der Waals surface area contributed by atoms with Gasteiger partial charge in [-0.05, 0) is 12.1 Å². The van der Waals surface area contributed by atoms with Crippen LogP contribution in [0, 0.1) is 0 Å². The zero-order chi connectivity index (χ0) is 15.2. The molecule has 22 heavy (non-hydrogen) atoms. The van der Waals surface area contributed by atoms with Crippen molar-refractivity contribution >= 4 is 12.4 Å². The van der Waals surface area contributed by atoms with Gasteiger partial charge in [0.25, 0.3) is 0 Å². The highest BCUT2D eigenvalue weighted by atomic mass is 35.5. The van der Waals surface area contributed by atoms with E-state index in [4.69, 9.17) is 9.47 Å². The number of benzene rings is 1. The number of piperazine rings is 1. The second-order valence-corrected chi connectivity index (χ2v) is 5.00. The zero-order valence-electron chi connectivity index (χ0n) is 12.9. The summed E-state index contributed by atoms with van der Waals surface area (Å²) < 4.78 is 36.9. The molecule has 1 aliphatic rings. The molecule has 0 radical (unpaired) electrons. The minimum absolute atomic E-state index is 0. The summed E-state index contributed by atoms with van der Waals surface area (Å²) in [6.07, 6.45) is -2.60. The molecule has 0 bridgehead atoms. The Bertz CT molecular complexity index is 435. The van der Waals surface area contributed by atoms with Gasteiger partial charge in [0.2, 0.25) is 6.43 Å². The van der Waals surface area contributed by atoms with Crippen LogP contribution in [-0.4, -0.2) is 51.7 Å². The van der Waals surface area contributed by atoms with Crippen LogP contribution in [0.1, 0.15) is 18.0 Å². The number of ether oxygens (including phenoxy) is 2. The van der Waals surface area contributed by atoms with Gasteiger partial charge in [0, 0.05) is 38.6 Å². The van der Waals surface area contributed by atoms with Gasteiger partial charge in [-0.1, -0.05) is 6.07 Å². The Morgan fingerprint density at radius 3 is 2.14 bits per heavy atom. The van der Waals surface area contributed by atoms with Gasteiger partial charge in [-0.2, -0.15) is 0 Å². The first-order valence-corrected chi connectivity index (χ1v) is 7.11. The molecule has 1 atom stereocenters. The molecular weight excluding hydrogens is 314 g/mol. The van der Waals surface area contributed by atoms with E-state index in [2.05, 4.69) is 10.2 Å². The molecule has 0 unspecified atom stereocenters. The van der Waals surface area contributed by atoms with Crippen molar-refractivity contribution in [2.75, 3.05) is 40.4 Å². The molecule has 4 nitrogen and oxygen atoms in total. The molecule has 2 rings (SSSR count). The molecule has 0 spiro atoms. The average Bonchev–Trinajstić information content (AvgIpc) is 2.52. The van der Waals surface area contributed by atoms with Crippen molar-refractivity contribution in [2.45, 2.75) is 18.9 Å². The fraction of sp³-hybridized carbons (Fsp3) is 0.600. The number of rotatable bonds is 6. The molecule has 126 valence electrons. The van der Waals surface area contributed by atoms with Crippen LogP contribution in [0.3, 0.4) is 0 Å². The monoisotopic (exact) mass is 336 g/mol. The van der Waals surface area contributed by atoms with Crippen LogP contribution >= 0.6 is 12.4 Å². The summed E-state index contributed by atoms with van der Waals surface area (Å²) >= 11 is 0. The van der Waals surface area contributed by atoms with Crippen molar-refractivity contribution in [3.05, 3.63) is 23.8 Å². The molecule has 0 aromatic heterocycles. The van der Waals surface area contributed by atoms with E-state index in [1.54, 1.807) is 32.4 Å². The number of nitrogens with one attached hydrogen (secondary N) is 1. The third-order valence-electron chi connectivity index (χ3n) is 3.79. The highest BCUT2D eigenvalue weighted by Crippen LogP contribution is 2.40. The van der Waals surface area contributed by atoms with E-state index >= 15 is 0 Å². The Balaban J connectivity index is 0.00000242. The summed E-state index contributed by atoms with van der Waals surface area (Å²) in [5.74, 6) is 1.19. The predicted molar refractivity (Wildman–Crippen MR) is 84.6 cm³/mol. The van der Waals surface area contributed by atoms with E-state index in [0.717, 1.165) is 26.2 Å². The molecule has 1 N–H and O–H groups in total. The smallest absolute Gasteiger partial charge is 0.240 e. The lowest BCUT2D eigenvalue weighted by molar-refractivity contribution is 0.0718. The normalized spacial score (nSPS) is 17.0. The quantitative estimate of drug-likeness (QED) is 0.866. The summed E-state index contributed by atoms with van der Waals surface area (Å²) in [6, 6.07) is 4.98. The van der Waals surface area contributed by atoms with Crippen LogP contribution in [0.15, 0.2) is 18.2 Å². The lowest BCUT2D eigenvalue weighted by Gasteiger charge is -2.36. The fourth-order valence-electron chi connectivity index (χ4n) is 2.82. The molecule has 1 heterocycles. The van der Waals surface area contributed by atoms with Crippen molar-refractivity contribution in [3.63, 3.8) is 0 Å². The molecule has 1 fully saturated rings. The highest BCUT2D eigenvalue weighted by molar-refractivity contribution is 5.85. The van der Waals surface area contributed by atoms with E-state index in [-0.39, 0.29) is 18.8 Å². The van der Waals surface area contributed by atoms with Gasteiger partial charge < -0.3 is 14.8 Å². The third kappa shape index (κ3) is 4.44. The van der Waals surface area contributed by atoms with E-state index in [0.29, 0.717) is 17.1 Å². The SMILES string of the molecule is COc1cccc(OC)c1[C@H](CC(F)F)N1CCNCC1.Cl. The number of hydrogen-bond acceptors (Lipinski definition) is 4. The molecule has 7 heteroatoms. The van der Waals surface area contributed by atoms with Crippen molar-refractivity contribution in [3.8, 4) is 11.5 Å². The Morgan fingerprint density at radius 2 is 1.68 bits per heavy atom. The molecule has 0 saturated carbocycles. The Hall–Kier alpha value is -1.11. The van der Waals surface area contributed by atoms with Gasteiger partial charge in [0.1, 0.15) is 11.5 Å². The number of halogens is 3. The second-order valence-electron chi connectivity index (χ2n) is 5.00. The van der Waals surface area contributed by atoms with Crippen LogP contribution in [0.2, 0.25) is 0 Å². The standard InChI is InChI=1S/C15H22F2N2O2.ClH/c1-20-12-4-3-5-13(21-2)15(12)11(10-14(16)17)19-8-6-18-7-9-19;/h3-5,11,14,18H,6-10H2,1-2H3;1H/t11-;/m0./s1. The number of nitrogens with zero attached hydrogens (tertiary/aromatic N) is 1. The van der Waals surface area contributed by atoms with E-state index in [1.807, 2.05) is 0 Å². The molecule has 0 amide bonds. The minimum Gasteiger partial charge on any atom is -0.496 e. The van der Waals surface area contributed by atoms with Crippen LogP contribution in [0.4, 0.5) is 8.78 Å². The molecule has 0 aliphatic carbocycles. The number of alkyl halides is 2. The highest BCUT2D eigenvalue weighted by Gasteiger charge is 2.30. The van der Waals surface area contributed by atoms with E-state index < -0.39 is 12.5 Å². The van der Waals surface area contributed by atoms with Gasteiger partial charge in [-0.25, -0.2) is 8.78 Å². The maximum absolute atomic E-state index is 13.1. The fourth-order valence-corrected chi connectivity index (χ4v) is 2.82. The first-order valence-electron chi connectivity index (χ1n) is 7.11. The van der Waals surface area contributed by atoms with Gasteiger partial charge >= 0.3 is 0 Å². The van der Waals surface area contributed by atoms with Crippen LogP contribution in [0.5, 0.6) is 11.5 Å². The Morgan fingerprint density at radius 1 is 1.14 bits per heavy atom. The first kappa shape index (κ1) is 18.9. The van der Waals surface area contributed by atoms with Gasteiger partial charge in [0.15, 0.2) is 0 Å². The molecular formula is C15H23ClF2N2O2. The van der Waals surface area contributed by atoms with Crippen LogP contribution in [-0.2, 0) is 0 Å². The Kier molecular flexibility index (Phi) is 7.85. The summed E-state index contributed by atoms with van der Waals surface area (Å²) in [7, 11) is 3.10. The van der Waals surface area contributed by atoms with Gasteiger partial charge in [0.05, 0.1) is 19.8 Å². The minimum atomic E-state index is -2.38. The molecule has 1 aromatic carbocycles. The molecule has 1 saturated heterocycles. The predicted octanol–water partition coefficient (Wildman–Crippen LogP) is 2.73. The molecule has 1 aliphatic heterocycles. The van der Waals surface area contributed by atoms with Gasteiger partial charge in [-0.15, -0.1) is 12.4 Å². The number of methoxy groups -OCH3 is 2. The van der Waals surface area contributed by atoms with Crippen molar-refractivity contribution in [1.29, 1.82) is 0 Å². The maximum atomic E-state index is 13.1. The molecule has 1 aromatic rings. The van der Waals surface area contributed by atoms with Crippen molar-refractivity contribution in [1.82, 2.24) is 10.2 Å². The van der Waals surface area contributed by atoms with Crippen LogP contribution < -0.4 is 14.8 Å². The van der Waals surface area contributed by atoms with E-state index in [9.17, 15) is 8.78 Å². The summed E-state index contributed by atoms with van der Waals surface area (Å²) in [4.78, 5) is 2.07. The topological polar surface area (TPSA) is 33.7 Å². The number of hydrogen-bond donors (Lipinski definition) is 1. The summed E-state index contributed by atoms with van der Waals surface area (Å²) in [5, 5.41) is 3.24. The van der Waals surface area contributed by atoms with E-state index in [1.165, 1.54) is 0 Å². The zero-order valence-corrected chi connectivity index (χ0v) is 13.7. The first-order chi connectivity index (χ1) is 10.2. The largest absolute Gasteiger partial charge is 0.496 e. The second kappa shape index (κ2) is 9.12. The maximum Gasteiger partial charge on any atom is 0.240 e. The lowest BCUT2D eigenvalue weighted by atomic mass is 9.99. The third-order valence-corrected chi connectivity index (χ3v) is 3.79. The van der Waals surface area contributed by atoms with Crippen molar-refractivity contribution in [2.24, 2.45) is 0 Å². The Labute approximate surface area is 136 Å². The van der Waals surface area contributed by atoms with Gasteiger partial charge in [-0.3, -0.25) is 4.90 Å². The summed E-state index contributed by atoms with van der Waals surface area (Å²) in [6.45, 7) is 3.07. The average molecular weight is 337 g/mol. The summed E-state index contributed by atoms with van der Waals surface area (Å²) in [5.41, 5.74) is 0.713.